The number of piperazine rings is 1. The number of fused-ring (bicyclic) bond motifs is 2. The largest absolute Gasteiger partial charge is 0.496 e. The molecule has 192 valence electrons. The average molecular weight is 540 g/mol. The maximum atomic E-state index is 13.0. The predicted molar refractivity (Wildman–Crippen MR) is 145 cm³/mol. The van der Waals surface area contributed by atoms with Gasteiger partial charge < -0.3 is 14.4 Å². The minimum atomic E-state index is -0.433. The van der Waals surface area contributed by atoms with Gasteiger partial charge in [-0.05, 0) is 30.3 Å². The van der Waals surface area contributed by atoms with Crippen molar-refractivity contribution >= 4 is 60.2 Å². The number of non-ortho nitro benzene ring substituents is 1. The van der Waals surface area contributed by atoms with E-state index < -0.39 is 4.92 Å². The number of rotatable bonds is 8. The summed E-state index contributed by atoms with van der Waals surface area (Å²) < 4.78 is 12.6. The number of carbonyl (C=O) groups excluding carboxylic acids is 2. The van der Waals surface area contributed by atoms with Gasteiger partial charge in [0, 0.05) is 66.7 Å². The first-order chi connectivity index (χ1) is 17.9. The molecule has 1 aliphatic heterocycles. The van der Waals surface area contributed by atoms with Crippen molar-refractivity contribution in [3.63, 3.8) is 0 Å². The van der Waals surface area contributed by atoms with Crippen molar-refractivity contribution in [2.45, 2.75) is 6.42 Å². The van der Waals surface area contributed by atoms with Gasteiger partial charge in [0.25, 0.3) is 11.6 Å². The van der Waals surface area contributed by atoms with Gasteiger partial charge in [0.1, 0.15) is 11.5 Å². The Morgan fingerprint density at radius 1 is 0.946 bits per heavy atom. The van der Waals surface area contributed by atoms with Gasteiger partial charge >= 0.3 is 0 Å². The Morgan fingerprint density at radius 3 is 2.38 bits per heavy atom. The van der Waals surface area contributed by atoms with Gasteiger partial charge in [-0.3, -0.25) is 24.6 Å². The van der Waals surface area contributed by atoms with Crippen LogP contribution in [-0.4, -0.2) is 73.4 Å². The quantitative estimate of drug-likeness (QED) is 0.175. The highest BCUT2D eigenvalue weighted by atomic mass is 32.1. The molecule has 1 aliphatic rings. The summed E-state index contributed by atoms with van der Waals surface area (Å²) in [6, 6.07) is 11.9. The first kappa shape index (κ1) is 25.1. The minimum absolute atomic E-state index is 0.0152. The summed E-state index contributed by atoms with van der Waals surface area (Å²) in [5, 5.41) is 12.6. The lowest BCUT2D eigenvalue weighted by Crippen LogP contribution is -2.48. The van der Waals surface area contributed by atoms with E-state index >= 15 is 0 Å². The first-order valence-electron chi connectivity index (χ1n) is 11.7. The van der Waals surface area contributed by atoms with Gasteiger partial charge in [-0.25, -0.2) is 0 Å². The molecule has 5 rings (SSSR count). The van der Waals surface area contributed by atoms with E-state index in [0.29, 0.717) is 60.0 Å². The number of nitro benzene ring substituents is 1. The van der Waals surface area contributed by atoms with Crippen LogP contribution in [0.15, 0.2) is 42.5 Å². The number of methoxy groups -OCH3 is 2. The number of Topliss-reactive ketones (excluding diaryl/α,β-unsaturated/α-hetero) is 1. The number of hydrogen-bond acceptors (Lipinski definition) is 9. The summed E-state index contributed by atoms with van der Waals surface area (Å²) in [6.07, 6.45) is 0.389. The molecule has 2 aromatic heterocycles. The molecule has 0 N–H and O–H groups in total. The molecule has 1 fully saturated rings. The number of benzene rings is 2. The van der Waals surface area contributed by atoms with Crippen molar-refractivity contribution in [3.8, 4) is 11.5 Å². The number of ether oxygens (including phenoxy) is 2. The highest BCUT2D eigenvalue weighted by molar-refractivity contribution is 7.21. The Balaban J connectivity index is 1.18. The molecule has 1 amide bonds. The number of nitro groups is 1. The number of thiophene rings is 2. The zero-order chi connectivity index (χ0) is 26.1. The third-order valence-corrected chi connectivity index (χ3v) is 8.85. The third kappa shape index (κ3) is 5.02. The van der Waals surface area contributed by atoms with E-state index in [4.69, 9.17) is 9.47 Å². The number of carbonyl (C=O) groups is 2. The van der Waals surface area contributed by atoms with Crippen LogP contribution in [0.5, 0.6) is 11.5 Å². The van der Waals surface area contributed by atoms with Gasteiger partial charge in [0.15, 0.2) is 5.78 Å². The molecule has 0 unspecified atom stereocenters. The van der Waals surface area contributed by atoms with Crippen molar-refractivity contribution in [3.05, 3.63) is 62.3 Å². The Labute approximate surface area is 220 Å². The molecular formula is C26H25N3O6S2. The van der Waals surface area contributed by atoms with Crippen molar-refractivity contribution in [1.82, 2.24) is 9.80 Å². The zero-order valence-electron chi connectivity index (χ0n) is 20.4. The highest BCUT2D eigenvalue weighted by Crippen LogP contribution is 2.39. The third-order valence-electron chi connectivity index (χ3n) is 6.56. The standard InChI is InChI=1S/C26H25N3O6S2/c1-34-20-4-5-21(35-2)25-18(20)15-23(37-25)19(30)7-8-27-9-11-28(12-10-27)26(31)24-14-16-13-17(29(32)33)3-6-22(16)36-24/h3-6,13-15H,7-12H2,1-2H3. The van der Waals surface area contributed by atoms with Crippen molar-refractivity contribution in [2.24, 2.45) is 0 Å². The van der Waals surface area contributed by atoms with E-state index in [1.54, 1.807) is 26.4 Å². The maximum Gasteiger partial charge on any atom is 0.270 e. The van der Waals surface area contributed by atoms with E-state index in [0.717, 1.165) is 20.5 Å². The van der Waals surface area contributed by atoms with Gasteiger partial charge in [-0.1, -0.05) is 0 Å². The van der Waals surface area contributed by atoms with Crippen LogP contribution >= 0.6 is 22.7 Å². The molecule has 0 saturated carbocycles. The summed E-state index contributed by atoms with van der Waals surface area (Å²) in [7, 11) is 3.22. The first-order valence-corrected chi connectivity index (χ1v) is 13.4. The van der Waals surface area contributed by atoms with Gasteiger partial charge in [0.05, 0.1) is 33.6 Å². The summed E-state index contributed by atoms with van der Waals surface area (Å²) in [5.41, 5.74) is 0.0152. The monoisotopic (exact) mass is 539 g/mol. The molecule has 11 heteroatoms. The minimum Gasteiger partial charge on any atom is -0.496 e. The molecule has 0 aliphatic carbocycles. The van der Waals surface area contributed by atoms with Crippen molar-refractivity contribution in [1.29, 1.82) is 0 Å². The fourth-order valence-corrected chi connectivity index (χ4v) is 6.66. The van der Waals surface area contributed by atoms with E-state index in [1.165, 1.54) is 34.8 Å². The summed E-state index contributed by atoms with van der Waals surface area (Å²) >= 11 is 2.77. The molecule has 0 atom stereocenters. The predicted octanol–water partition coefficient (Wildman–Crippen LogP) is 5.07. The molecule has 0 radical (unpaired) electrons. The summed E-state index contributed by atoms with van der Waals surface area (Å²) in [4.78, 5) is 41.9. The Morgan fingerprint density at radius 2 is 1.68 bits per heavy atom. The molecule has 4 aromatic rings. The lowest BCUT2D eigenvalue weighted by molar-refractivity contribution is -0.384. The number of amides is 1. The Kier molecular flexibility index (Phi) is 7.09. The normalized spacial score (nSPS) is 14.3. The van der Waals surface area contributed by atoms with E-state index in [1.807, 2.05) is 23.1 Å². The van der Waals surface area contributed by atoms with E-state index in [9.17, 15) is 19.7 Å². The van der Waals surface area contributed by atoms with Crippen LogP contribution in [0.4, 0.5) is 5.69 Å². The zero-order valence-corrected chi connectivity index (χ0v) is 22.0. The summed E-state index contributed by atoms with van der Waals surface area (Å²) in [5.74, 6) is 1.44. The molecule has 1 saturated heterocycles. The second kappa shape index (κ2) is 10.4. The van der Waals surface area contributed by atoms with Crippen LogP contribution in [0.3, 0.4) is 0 Å². The Hall–Kier alpha value is -3.54. The Bertz CT molecular complexity index is 1460. The lowest BCUT2D eigenvalue weighted by Gasteiger charge is -2.34. The number of ketones is 1. The fourth-order valence-electron chi connectivity index (χ4n) is 4.51. The maximum absolute atomic E-state index is 13.0. The second-order valence-corrected chi connectivity index (χ2v) is 10.9. The van der Waals surface area contributed by atoms with Crippen molar-refractivity contribution in [2.75, 3.05) is 46.9 Å². The van der Waals surface area contributed by atoms with Gasteiger partial charge in [-0.2, -0.15) is 0 Å². The molecule has 0 spiro atoms. The van der Waals surface area contributed by atoms with Crippen LogP contribution in [0.2, 0.25) is 0 Å². The second-order valence-electron chi connectivity index (χ2n) is 8.72. The molecular weight excluding hydrogens is 514 g/mol. The topological polar surface area (TPSA) is 102 Å². The number of nitrogens with zero attached hydrogens (tertiary/aromatic N) is 3. The van der Waals surface area contributed by atoms with Crippen LogP contribution in [0.25, 0.3) is 20.2 Å². The molecule has 3 heterocycles. The average Bonchev–Trinajstić information content (AvgIpc) is 3.55. The molecule has 2 aromatic carbocycles. The summed E-state index contributed by atoms with van der Waals surface area (Å²) in [6.45, 7) is 3.13. The van der Waals surface area contributed by atoms with Crippen LogP contribution in [-0.2, 0) is 0 Å². The fraction of sp³-hybridized carbons (Fsp3) is 0.308. The van der Waals surface area contributed by atoms with E-state index in [-0.39, 0.29) is 17.4 Å². The molecule has 9 nitrogen and oxygen atoms in total. The van der Waals surface area contributed by atoms with Crippen LogP contribution in [0, 0.1) is 10.1 Å². The van der Waals surface area contributed by atoms with Crippen molar-refractivity contribution < 1.29 is 24.0 Å². The van der Waals surface area contributed by atoms with Gasteiger partial charge in [-0.15, -0.1) is 22.7 Å². The van der Waals surface area contributed by atoms with Gasteiger partial charge in [0.2, 0.25) is 0 Å². The highest BCUT2D eigenvalue weighted by Gasteiger charge is 2.25. The molecule has 37 heavy (non-hydrogen) atoms. The SMILES string of the molecule is COc1ccc(OC)c2sc(C(=O)CCN3CCN(C(=O)c4cc5cc([N+](=O)[O-])ccc5s4)CC3)cc12. The number of hydrogen-bond donors (Lipinski definition) is 0. The van der Waals surface area contributed by atoms with E-state index in [2.05, 4.69) is 4.90 Å². The lowest BCUT2D eigenvalue weighted by atomic mass is 10.1. The van der Waals surface area contributed by atoms with Crippen LogP contribution < -0.4 is 9.47 Å². The smallest absolute Gasteiger partial charge is 0.270 e. The molecule has 0 bridgehead atoms. The van der Waals surface area contributed by atoms with Crippen LogP contribution in [0.1, 0.15) is 25.8 Å².